The van der Waals surface area contributed by atoms with Crippen LogP contribution in [0.25, 0.3) is 110 Å². The molecule has 0 bridgehead atoms. The molecule has 5 nitrogen and oxygen atoms in total. The van der Waals surface area contributed by atoms with Crippen LogP contribution in [0, 0.1) is 0 Å². The quantitative estimate of drug-likeness (QED) is 0.180. The van der Waals surface area contributed by atoms with E-state index >= 15 is 0 Å². The van der Waals surface area contributed by atoms with E-state index in [1.54, 1.807) is 0 Å². The molecule has 0 amide bonds. The van der Waals surface area contributed by atoms with Gasteiger partial charge in [-0.1, -0.05) is 127 Å². The lowest BCUT2D eigenvalue weighted by molar-refractivity contribution is 0.669. The van der Waals surface area contributed by atoms with E-state index in [-0.39, 0.29) is 0 Å². The van der Waals surface area contributed by atoms with E-state index in [0.717, 1.165) is 92.9 Å². The SMILES string of the molecule is c1ccc2cc(-c3nc(-c4cccc5oc6ccccc6c45)nc(-c4cccc5c6oc7ccccc7c6c6ccccc6c45)n3)ccc2c1. The molecule has 0 saturated carbocycles. The maximum Gasteiger partial charge on any atom is 0.164 e. The van der Waals surface area contributed by atoms with Gasteiger partial charge in [-0.3, -0.25) is 0 Å². The second-order valence-corrected chi connectivity index (χ2v) is 12.7. The molecule has 3 aromatic heterocycles. The summed E-state index contributed by atoms with van der Waals surface area (Å²) in [5, 5.41) is 10.8. The van der Waals surface area contributed by atoms with Gasteiger partial charge in [-0.05, 0) is 45.8 Å². The van der Waals surface area contributed by atoms with E-state index in [2.05, 4.69) is 109 Å². The first-order valence-electron chi connectivity index (χ1n) is 16.7. The molecule has 8 aromatic carbocycles. The maximum absolute atomic E-state index is 6.61. The molecule has 11 aromatic rings. The van der Waals surface area contributed by atoms with Crippen molar-refractivity contribution in [3.8, 4) is 34.2 Å². The van der Waals surface area contributed by atoms with Gasteiger partial charge in [0.2, 0.25) is 0 Å². The Morgan fingerprint density at radius 1 is 0.340 bits per heavy atom. The zero-order chi connectivity index (χ0) is 32.8. The molecule has 0 unspecified atom stereocenters. The van der Waals surface area contributed by atoms with Gasteiger partial charge in [0.15, 0.2) is 17.5 Å². The Kier molecular flexibility index (Phi) is 5.60. The minimum atomic E-state index is 0.585. The number of hydrogen-bond donors (Lipinski definition) is 0. The van der Waals surface area contributed by atoms with E-state index in [1.807, 2.05) is 42.5 Å². The van der Waals surface area contributed by atoms with Gasteiger partial charge in [-0.2, -0.15) is 0 Å². The van der Waals surface area contributed by atoms with Gasteiger partial charge in [-0.15, -0.1) is 0 Å². The molecular weight excluding hydrogens is 615 g/mol. The second kappa shape index (κ2) is 10.3. The predicted octanol–water partition coefficient (Wildman–Crippen LogP) is 12.1. The number of hydrogen-bond acceptors (Lipinski definition) is 5. The van der Waals surface area contributed by atoms with Crippen molar-refractivity contribution in [2.24, 2.45) is 0 Å². The monoisotopic (exact) mass is 639 g/mol. The third-order valence-electron chi connectivity index (χ3n) is 9.90. The Morgan fingerprint density at radius 3 is 1.66 bits per heavy atom. The molecule has 5 heteroatoms. The van der Waals surface area contributed by atoms with Crippen molar-refractivity contribution in [1.29, 1.82) is 0 Å². The van der Waals surface area contributed by atoms with Gasteiger partial charge >= 0.3 is 0 Å². The zero-order valence-corrected chi connectivity index (χ0v) is 26.6. The van der Waals surface area contributed by atoms with E-state index < -0.39 is 0 Å². The minimum absolute atomic E-state index is 0.585. The lowest BCUT2D eigenvalue weighted by atomic mass is 9.93. The summed E-state index contributed by atoms with van der Waals surface area (Å²) in [5.74, 6) is 1.78. The first kappa shape index (κ1) is 27.1. The van der Waals surface area contributed by atoms with Crippen LogP contribution < -0.4 is 0 Å². The Hall–Kier alpha value is -6.85. The van der Waals surface area contributed by atoms with Gasteiger partial charge in [0, 0.05) is 49.0 Å². The van der Waals surface area contributed by atoms with Crippen molar-refractivity contribution >= 4 is 76.2 Å². The molecule has 50 heavy (non-hydrogen) atoms. The molecule has 0 radical (unpaired) electrons. The first-order chi connectivity index (χ1) is 24.8. The van der Waals surface area contributed by atoms with Crippen molar-refractivity contribution in [3.63, 3.8) is 0 Å². The van der Waals surface area contributed by atoms with E-state index in [1.165, 1.54) is 0 Å². The number of aromatic nitrogens is 3. The van der Waals surface area contributed by atoms with Gasteiger partial charge in [0.25, 0.3) is 0 Å². The van der Waals surface area contributed by atoms with E-state index in [0.29, 0.717) is 17.5 Å². The highest BCUT2D eigenvalue weighted by molar-refractivity contribution is 6.32. The number of para-hydroxylation sites is 2. The molecule has 0 N–H and O–H groups in total. The highest BCUT2D eigenvalue weighted by Gasteiger charge is 2.22. The Balaban J connectivity index is 1.25. The molecule has 11 rings (SSSR count). The summed E-state index contributed by atoms with van der Waals surface area (Å²) in [4.78, 5) is 15.7. The highest BCUT2D eigenvalue weighted by atomic mass is 16.3. The van der Waals surface area contributed by atoms with Crippen LogP contribution in [-0.4, -0.2) is 15.0 Å². The van der Waals surface area contributed by atoms with Crippen LogP contribution in [-0.2, 0) is 0 Å². The van der Waals surface area contributed by atoms with Crippen molar-refractivity contribution in [2.75, 3.05) is 0 Å². The van der Waals surface area contributed by atoms with Crippen LogP contribution in [0.1, 0.15) is 0 Å². The van der Waals surface area contributed by atoms with E-state index in [9.17, 15) is 0 Å². The molecule has 0 saturated heterocycles. The summed E-state index contributed by atoms with van der Waals surface area (Å²) < 4.78 is 12.9. The molecule has 3 heterocycles. The summed E-state index contributed by atoms with van der Waals surface area (Å²) in [6.45, 7) is 0. The molecule has 0 aliphatic carbocycles. The van der Waals surface area contributed by atoms with Gasteiger partial charge in [0.05, 0.1) is 0 Å². The number of nitrogens with zero attached hydrogens (tertiary/aromatic N) is 3. The normalized spacial score (nSPS) is 12.0. The topological polar surface area (TPSA) is 65.0 Å². The number of furan rings is 2. The highest BCUT2D eigenvalue weighted by Crippen LogP contribution is 2.44. The summed E-state index contributed by atoms with van der Waals surface area (Å²) in [7, 11) is 0. The lowest BCUT2D eigenvalue weighted by Crippen LogP contribution is -2.01. The third-order valence-corrected chi connectivity index (χ3v) is 9.90. The van der Waals surface area contributed by atoms with Gasteiger partial charge in [0.1, 0.15) is 22.3 Å². The predicted molar refractivity (Wildman–Crippen MR) is 203 cm³/mol. The number of rotatable bonds is 3. The summed E-state index contributed by atoms with van der Waals surface area (Å²) in [6.07, 6.45) is 0. The van der Waals surface area contributed by atoms with Crippen LogP contribution in [0.15, 0.2) is 160 Å². The molecule has 0 aliphatic rings. The smallest absolute Gasteiger partial charge is 0.164 e. The van der Waals surface area contributed by atoms with Crippen LogP contribution in [0.2, 0.25) is 0 Å². The van der Waals surface area contributed by atoms with Crippen molar-refractivity contribution in [2.45, 2.75) is 0 Å². The lowest BCUT2D eigenvalue weighted by Gasteiger charge is -2.13. The van der Waals surface area contributed by atoms with Crippen molar-refractivity contribution < 1.29 is 8.83 Å². The van der Waals surface area contributed by atoms with Crippen LogP contribution in [0.4, 0.5) is 0 Å². The van der Waals surface area contributed by atoms with Gasteiger partial charge in [-0.25, -0.2) is 15.0 Å². The summed E-state index contributed by atoms with van der Waals surface area (Å²) in [6, 6.07) is 52.1. The van der Waals surface area contributed by atoms with E-state index in [4.69, 9.17) is 23.8 Å². The second-order valence-electron chi connectivity index (χ2n) is 12.7. The average Bonchev–Trinajstić information content (AvgIpc) is 3.77. The summed E-state index contributed by atoms with van der Waals surface area (Å²) >= 11 is 0. The molecule has 0 atom stereocenters. The Morgan fingerprint density at radius 2 is 0.880 bits per heavy atom. The van der Waals surface area contributed by atoms with Crippen LogP contribution in [0.5, 0.6) is 0 Å². The van der Waals surface area contributed by atoms with Crippen molar-refractivity contribution in [1.82, 2.24) is 15.0 Å². The Labute approximate surface area is 285 Å². The fraction of sp³-hybridized carbons (Fsp3) is 0. The Bertz CT molecular complexity index is 3170. The molecule has 0 fully saturated rings. The third kappa shape index (κ3) is 3.92. The molecule has 0 spiro atoms. The first-order valence-corrected chi connectivity index (χ1v) is 16.7. The largest absolute Gasteiger partial charge is 0.456 e. The fourth-order valence-corrected chi connectivity index (χ4v) is 7.68. The standard InChI is InChI=1S/C45H25N3O2/c1-2-12-27-25-28(24-23-26(27)11-1)43-46-44(48-45(47-43)35-19-10-22-38-40(35)31-15-5-7-20-36(31)49-38)34-18-9-17-33-39(34)29-13-3-4-14-30(29)41-32-16-6-8-21-37(32)50-42(33)41/h1-25H. The average molecular weight is 640 g/mol. The zero-order valence-electron chi connectivity index (χ0n) is 26.6. The molecule has 232 valence electrons. The van der Waals surface area contributed by atoms with Gasteiger partial charge < -0.3 is 8.83 Å². The number of benzene rings is 8. The molecular formula is C45H25N3O2. The maximum atomic E-state index is 6.61. The van der Waals surface area contributed by atoms with Crippen LogP contribution in [0.3, 0.4) is 0 Å². The van der Waals surface area contributed by atoms with Crippen LogP contribution >= 0.6 is 0 Å². The minimum Gasteiger partial charge on any atom is -0.456 e. The summed E-state index contributed by atoms with van der Waals surface area (Å²) in [5.41, 5.74) is 6.07. The fourth-order valence-electron chi connectivity index (χ4n) is 7.68. The van der Waals surface area contributed by atoms with Crippen molar-refractivity contribution in [3.05, 3.63) is 152 Å². The molecule has 0 aliphatic heterocycles. The number of fused-ring (bicyclic) bond motifs is 12.